The maximum absolute atomic E-state index is 12.5. The van der Waals surface area contributed by atoms with Gasteiger partial charge in [0.15, 0.2) is 0 Å². The lowest BCUT2D eigenvalue weighted by Gasteiger charge is -2.29. The van der Waals surface area contributed by atoms with Crippen molar-refractivity contribution in [2.24, 2.45) is 0 Å². The van der Waals surface area contributed by atoms with E-state index in [4.69, 9.17) is 9.47 Å². The van der Waals surface area contributed by atoms with E-state index in [0.29, 0.717) is 24.6 Å². The zero-order valence-corrected chi connectivity index (χ0v) is 16.7. The number of hydrogen-bond acceptors (Lipinski definition) is 6. The monoisotopic (exact) mass is 441 g/mol. The molecule has 1 aromatic carbocycles. The van der Waals surface area contributed by atoms with E-state index in [1.807, 2.05) is 0 Å². The third kappa shape index (κ3) is 4.93. The molecular formula is C17H20BrN3O4S. The van der Waals surface area contributed by atoms with Crippen LogP contribution in [0.5, 0.6) is 11.8 Å². The molecule has 140 valence electrons. The molecule has 0 unspecified atom stereocenters. The number of ether oxygens (including phenoxy) is 2. The van der Waals surface area contributed by atoms with Crippen LogP contribution in [0.4, 0.5) is 0 Å². The maximum Gasteiger partial charge on any atom is 0.240 e. The second kappa shape index (κ2) is 8.32. The fourth-order valence-electron chi connectivity index (χ4n) is 2.86. The molecule has 1 N–H and O–H groups in total. The molecular weight excluding hydrogens is 422 g/mol. The van der Waals surface area contributed by atoms with Crippen LogP contribution in [0.3, 0.4) is 0 Å². The summed E-state index contributed by atoms with van der Waals surface area (Å²) in [6, 6.07) is 6.51. The second-order valence-electron chi connectivity index (χ2n) is 6.07. The van der Waals surface area contributed by atoms with Gasteiger partial charge >= 0.3 is 0 Å². The Labute approximate surface area is 161 Å². The van der Waals surface area contributed by atoms with Crippen molar-refractivity contribution in [1.29, 1.82) is 0 Å². The Morgan fingerprint density at radius 2 is 1.73 bits per heavy atom. The quantitative estimate of drug-likeness (QED) is 0.740. The molecule has 9 heteroatoms. The molecule has 1 aromatic heterocycles. The van der Waals surface area contributed by atoms with E-state index in [-0.39, 0.29) is 17.0 Å². The lowest BCUT2D eigenvalue weighted by molar-refractivity contribution is 0.136. The fourth-order valence-corrected chi connectivity index (χ4v) is 4.43. The predicted molar refractivity (Wildman–Crippen MR) is 99.7 cm³/mol. The maximum atomic E-state index is 12.5. The predicted octanol–water partition coefficient (Wildman–Crippen LogP) is 2.92. The highest BCUT2D eigenvalue weighted by Gasteiger charge is 2.27. The molecule has 0 bridgehead atoms. The molecule has 1 heterocycles. The van der Waals surface area contributed by atoms with Gasteiger partial charge in [-0.3, -0.25) is 4.98 Å². The van der Waals surface area contributed by atoms with Crippen LogP contribution in [0.2, 0.25) is 0 Å². The first-order valence-electron chi connectivity index (χ1n) is 8.27. The van der Waals surface area contributed by atoms with Crippen molar-refractivity contribution in [3.8, 4) is 11.8 Å². The van der Waals surface area contributed by atoms with Crippen LogP contribution in [0.1, 0.15) is 25.7 Å². The van der Waals surface area contributed by atoms with Gasteiger partial charge in [0.2, 0.25) is 21.8 Å². The largest absolute Gasteiger partial charge is 0.480 e. The van der Waals surface area contributed by atoms with Gasteiger partial charge in [-0.2, -0.15) is 4.98 Å². The van der Waals surface area contributed by atoms with Gasteiger partial charge in [-0.05, 0) is 49.9 Å². The number of halogens is 1. The number of nitrogens with zero attached hydrogens (tertiary/aromatic N) is 2. The van der Waals surface area contributed by atoms with E-state index in [1.165, 1.54) is 13.3 Å². The van der Waals surface area contributed by atoms with Gasteiger partial charge in [0.1, 0.15) is 6.10 Å². The summed E-state index contributed by atoms with van der Waals surface area (Å²) in [6.45, 7) is 0. The third-order valence-electron chi connectivity index (χ3n) is 4.21. The van der Waals surface area contributed by atoms with Crippen molar-refractivity contribution in [2.75, 3.05) is 7.11 Å². The van der Waals surface area contributed by atoms with E-state index in [2.05, 4.69) is 30.6 Å². The Morgan fingerprint density at radius 1 is 1.08 bits per heavy atom. The molecule has 0 spiro atoms. The molecule has 0 atom stereocenters. The Bertz CT molecular complexity index is 837. The van der Waals surface area contributed by atoms with E-state index in [9.17, 15) is 8.42 Å². The molecule has 0 aliphatic heterocycles. The number of nitrogens with one attached hydrogen (secondary N) is 1. The summed E-state index contributed by atoms with van der Waals surface area (Å²) < 4.78 is 39.4. The minimum atomic E-state index is -3.51. The first kappa shape index (κ1) is 19.1. The summed E-state index contributed by atoms with van der Waals surface area (Å²) in [5.74, 6) is 0.821. The normalized spacial score (nSPS) is 20.5. The number of aromatic nitrogens is 2. The molecule has 26 heavy (non-hydrogen) atoms. The number of benzene rings is 1. The van der Waals surface area contributed by atoms with Crippen molar-refractivity contribution >= 4 is 26.0 Å². The van der Waals surface area contributed by atoms with Crippen LogP contribution in [0.15, 0.2) is 46.0 Å². The highest BCUT2D eigenvalue weighted by Crippen LogP contribution is 2.25. The topological polar surface area (TPSA) is 90.4 Å². The minimum Gasteiger partial charge on any atom is -0.480 e. The summed E-state index contributed by atoms with van der Waals surface area (Å²) in [7, 11) is -1.99. The summed E-state index contributed by atoms with van der Waals surface area (Å²) >= 11 is 3.31. The van der Waals surface area contributed by atoms with Crippen molar-refractivity contribution in [2.45, 2.75) is 42.7 Å². The molecule has 2 aromatic rings. The van der Waals surface area contributed by atoms with Crippen LogP contribution in [0.25, 0.3) is 0 Å². The van der Waals surface area contributed by atoms with Gasteiger partial charge in [0, 0.05) is 10.5 Å². The Hall–Kier alpha value is -1.71. The average molecular weight is 442 g/mol. The zero-order chi connectivity index (χ0) is 18.6. The number of sulfonamides is 1. The van der Waals surface area contributed by atoms with Crippen molar-refractivity contribution in [1.82, 2.24) is 14.7 Å². The number of rotatable bonds is 6. The Kier molecular flexibility index (Phi) is 6.10. The van der Waals surface area contributed by atoms with Gasteiger partial charge in [-0.1, -0.05) is 15.9 Å². The van der Waals surface area contributed by atoms with Crippen LogP contribution in [-0.4, -0.2) is 37.6 Å². The first-order valence-corrected chi connectivity index (χ1v) is 10.5. The fraction of sp³-hybridized carbons (Fsp3) is 0.412. The molecule has 0 saturated heterocycles. The summed E-state index contributed by atoms with van der Waals surface area (Å²) in [6.07, 6.45) is 5.95. The van der Waals surface area contributed by atoms with Crippen molar-refractivity contribution < 1.29 is 17.9 Å². The van der Waals surface area contributed by atoms with Gasteiger partial charge in [-0.25, -0.2) is 13.1 Å². The van der Waals surface area contributed by atoms with E-state index in [1.54, 1.807) is 30.5 Å². The highest BCUT2D eigenvalue weighted by atomic mass is 79.9. The lowest BCUT2D eigenvalue weighted by Crippen LogP contribution is -2.39. The summed E-state index contributed by atoms with van der Waals surface area (Å²) in [5, 5.41) is 0. The van der Waals surface area contributed by atoms with Gasteiger partial charge in [0.25, 0.3) is 0 Å². The average Bonchev–Trinajstić information content (AvgIpc) is 2.64. The van der Waals surface area contributed by atoms with E-state index >= 15 is 0 Å². The second-order valence-corrected chi connectivity index (χ2v) is 8.70. The SMILES string of the molecule is COc1cncc(OC2CCC(NS(=O)(=O)c3ccc(Br)cc3)CC2)n1. The molecule has 1 aliphatic carbocycles. The summed E-state index contributed by atoms with van der Waals surface area (Å²) in [4.78, 5) is 8.47. The number of hydrogen-bond donors (Lipinski definition) is 1. The summed E-state index contributed by atoms with van der Waals surface area (Å²) in [5.41, 5.74) is 0. The lowest BCUT2D eigenvalue weighted by atomic mass is 9.94. The van der Waals surface area contributed by atoms with Crippen LogP contribution >= 0.6 is 15.9 Å². The van der Waals surface area contributed by atoms with E-state index in [0.717, 1.165) is 17.3 Å². The Morgan fingerprint density at radius 3 is 2.38 bits per heavy atom. The van der Waals surface area contributed by atoms with Crippen molar-refractivity contribution in [3.63, 3.8) is 0 Å². The van der Waals surface area contributed by atoms with E-state index < -0.39 is 10.0 Å². The highest BCUT2D eigenvalue weighted by molar-refractivity contribution is 9.10. The van der Waals surface area contributed by atoms with Gasteiger partial charge < -0.3 is 9.47 Å². The molecule has 1 saturated carbocycles. The van der Waals surface area contributed by atoms with Crippen LogP contribution in [0, 0.1) is 0 Å². The zero-order valence-electron chi connectivity index (χ0n) is 14.3. The van der Waals surface area contributed by atoms with Crippen molar-refractivity contribution in [3.05, 3.63) is 41.1 Å². The molecule has 1 fully saturated rings. The first-order chi connectivity index (χ1) is 12.5. The third-order valence-corrected chi connectivity index (χ3v) is 6.27. The Balaban J connectivity index is 1.54. The van der Waals surface area contributed by atoms with Gasteiger partial charge in [0.05, 0.1) is 24.4 Å². The molecule has 3 rings (SSSR count). The standard InChI is InChI=1S/C17H20BrN3O4S/c1-24-16-10-19-11-17(20-16)25-14-6-4-13(5-7-14)21-26(22,23)15-8-2-12(18)3-9-15/h2-3,8-11,13-14,21H,4-7H2,1H3. The molecule has 0 radical (unpaired) electrons. The number of methoxy groups -OCH3 is 1. The van der Waals surface area contributed by atoms with Crippen LogP contribution < -0.4 is 14.2 Å². The minimum absolute atomic E-state index is 0.00941. The molecule has 0 amide bonds. The van der Waals surface area contributed by atoms with Gasteiger partial charge in [-0.15, -0.1) is 0 Å². The van der Waals surface area contributed by atoms with Crippen LogP contribution in [-0.2, 0) is 10.0 Å². The molecule has 7 nitrogen and oxygen atoms in total. The smallest absolute Gasteiger partial charge is 0.240 e. The molecule has 1 aliphatic rings.